The molecule has 0 saturated carbocycles. The van der Waals surface area contributed by atoms with Crippen molar-refractivity contribution >= 4 is 0 Å². The summed E-state index contributed by atoms with van der Waals surface area (Å²) >= 11 is 0. The van der Waals surface area contributed by atoms with E-state index in [1.54, 1.807) is 6.92 Å². The van der Waals surface area contributed by atoms with Crippen LogP contribution in [0.15, 0.2) is 0 Å². The zero-order chi connectivity index (χ0) is 10.0. The van der Waals surface area contributed by atoms with E-state index < -0.39 is 0 Å². The fraction of sp³-hybridized carbons (Fsp3) is 0.400. The van der Waals surface area contributed by atoms with E-state index >= 15 is 0 Å². The number of rotatable bonds is 1. The fourth-order valence-electron chi connectivity index (χ4n) is 1.34. The van der Waals surface area contributed by atoms with E-state index in [-0.39, 0.29) is 6.61 Å². The second-order valence-corrected chi connectivity index (χ2v) is 3.04. The minimum Gasteiger partial charge on any atom is -0.390 e. The molecular weight excluding hydrogens is 164 g/mol. The van der Waals surface area contributed by atoms with Crippen LogP contribution in [0.5, 0.6) is 0 Å². The number of pyridine rings is 1. The van der Waals surface area contributed by atoms with Gasteiger partial charge >= 0.3 is 0 Å². The molecule has 0 bridgehead atoms. The molecule has 1 N–H and O–H groups in total. The van der Waals surface area contributed by atoms with Gasteiger partial charge in [0.1, 0.15) is 6.07 Å². The molecule has 3 heteroatoms. The maximum absolute atomic E-state index is 8.99. The first-order chi connectivity index (χ1) is 6.11. The van der Waals surface area contributed by atoms with Crippen LogP contribution in [-0.4, -0.2) is 10.1 Å². The van der Waals surface area contributed by atoms with Gasteiger partial charge in [-0.15, -0.1) is 0 Å². The average molecular weight is 176 g/mol. The highest BCUT2D eigenvalue weighted by molar-refractivity contribution is 5.45. The molecule has 0 amide bonds. The first-order valence-corrected chi connectivity index (χ1v) is 4.09. The molecule has 0 unspecified atom stereocenters. The van der Waals surface area contributed by atoms with Crippen molar-refractivity contribution in [2.45, 2.75) is 27.4 Å². The molecule has 0 aliphatic heterocycles. The number of aryl methyl sites for hydroxylation is 1. The first-order valence-electron chi connectivity index (χ1n) is 4.09. The Balaban J connectivity index is 3.48. The number of nitrogens with zero attached hydrogens (tertiary/aromatic N) is 2. The lowest BCUT2D eigenvalue weighted by Crippen LogP contribution is -2.02. The van der Waals surface area contributed by atoms with Gasteiger partial charge in [0.15, 0.2) is 0 Å². The van der Waals surface area contributed by atoms with Crippen LogP contribution in [0.1, 0.15) is 28.1 Å². The van der Waals surface area contributed by atoms with Crippen LogP contribution < -0.4 is 0 Å². The molecule has 0 atom stereocenters. The predicted octanol–water partition coefficient (Wildman–Crippen LogP) is 1.37. The fourth-order valence-corrected chi connectivity index (χ4v) is 1.34. The van der Waals surface area contributed by atoms with Gasteiger partial charge < -0.3 is 5.11 Å². The molecule has 0 saturated heterocycles. The quantitative estimate of drug-likeness (QED) is 0.703. The Morgan fingerprint density at radius 3 is 2.38 bits per heavy atom. The van der Waals surface area contributed by atoms with Crippen LogP contribution in [0, 0.1) is 32.1 Å². The van der Waals surface area contributed by atoms with Crippen LogP contribution in [-0.2, 0) is 6.61 Å². The van der Waals surface area contributed by atoms with Crippen LogP contribution in [0.4, 0.5) is 0 Å². The van der Waals surface area contributed by atoms with Gasteiger partial charge in [0.25, 0.3) is 0 Å². The molecule has 0 aliphatic rings. The molecule has 1 heterocycles. The van der Waals surface area contributed by atoms with Crippen LogP contribution in [0.3, 0.4) is 0 Å². The normalized spacial score (nSPS) is 9.77. The third-order valence-electron chi connectivity index (χ3n) is 2.30. The lowest BCUT2D eigenvalue weighted by atomic mass is 10.0. The maximum atomic E-state index is 8.99. The summed E-state index contributed by atoms with van der Waals surface area (Å²) in [4.78, 5) is 4.15. The molecule has 0 radical (unpaired) electrons. The van der Waals surface area contributed by atoms with E-state index in [4.69, 9.17) is 10.4 Å². The standard InChI is InChI=1S/C10H12N2O/c1-6-7(2)10(5-13)12-8(3)9(6)4-11/h13H,5H2,1-3H3. The monoisotopic (exact) mass is 176 g/mol. The third kappa shape index (κ3) is 1.53. The molecule has 0 aromatic carbocycles. The smallest absolute Gasteiger partial charge is 0.101 e. The van der Waals surface area contributed by atoms with Crippen molar-refractivity contribution < 1.29 is 5.11 Å². The lowest BCUT2D eigenvalue weighted by Gasteiger charge is -2.09. The van der Waals surface area contributed by atoms with E-state index in [0.29, 0.717) is 17.0 Å². The van der Waals surface area contributed by atoms with Gasteiger partial charge in [-0.1, -0.05) is 0 Å². The van der Waals surface area contributed by atoms with Gasteiger partial charge in [-0.3, -0.25) is 4.98 Å². The molecule has 13 heavy (non-hydrogen) atoms. The summed E-state index contributed by atoms with van der Waals surface area (Å²) in [6.45, 7) is 5.46. The van der Waals surface area contributed by atoms with Crippen LogP contribution in [0.25, 0.3) is 0 Å². The molecule has 0 fully saturated rings. The minimum absolute atomic E-state index is 0.0702. The van der Waals surface area contributed by atoms with Crippen molar-refractivity contribution in [3.63, 3.8) is 0 Å². The number of aromatic nitrogens is 1. The second kappa shape index (κ2) is 3.55. The second-order valence-electron chi connectivity index (χ2n) is 3.04. The number of nitriles is 1. The largest absolute Gasteiger partial charge is 0.390 e. The maximum Gasteiger partial charge on any atom is 0.101 e. The summed E-state index contributed by atoms with van der Waals surface area (Å²) in [6.07, 6.45) is 0. The Morgan fingerprint density at radius 2 is 1.92 bits per heavy atom. The van der Waals surface area contributed by atoms with Crippen molar-refractivity contribution in [3.05, 3.63) is 28.1 Å². The van der Waals surface area contributed by atoms with Gasteiger partial charge in [-0.25, -0.2) is 0 Å². The molecule has 68 valence electrons. The Morgan fingerprint density at radius 1 is 1.31 bits per heavy atom. The number of hydrogen-bond donors (Lipinski definition) is 1. The summed E-state index contributed by atoms with van der Waals surface area (Å²) in [7, 11) is 0. The van der Waals surface area contributed by atoms with E-state index in [1.165, 1.54) is 0 Å². The van der Waals surface area contributed by atoms with Crippen molar-refractivity contribution in [2.24, 2.45) is 0 Å². The average Bonchev–Trinajstić information content (AvgIpc) is 2.12. The predicted molar refractivity (Wildman–Crippen MR) is 49.1 cm³/mol. The molecular formula is C10H12N2O. The summed E-state index contributed by atoms with van der Waals surface area (Å²) in [5.74, 6) is 0. The Hall–Kier alpha value is -1.40. The Bertz CT molecular complexity index is 377. The lowest BCUT2D eigenvalue weighted by molar-refractivity contribution is 0.275. The Kier molecular flexibility index (Phi) is 2.64. The van der Waals surface area contributed by atoms with Crippen molar-refractivity contribution in [1.82, 2.24) is 4.98 Å². The first kappa shape index (κ1) is 9.69. The number of aliphatic hydroxyl groups excluding tert-OH is 1. The van der Waals surface area contributed by atoms with Gasteiger partial charge in [0, 0.05) is 0 Å². The third-order valence-corrected chi connectivity index (χ3v) is 2.30. The molecule has 3 nitrogen and oxygen atoms in total. The van der Waals surface area contributed by atoms with E-state index in [9.17, 15) is 0 Å². The van der Waals surface area contributed by atoms with Crippen molar-refractivity contribution in [1.29, 1.82) is 5.26 Å². The molecule has 1 rings (SSSR count). The topological polar surface area (TPSA) is 56.9 Å². The molecule has 0 aliphatic carbocycles. The zero-order valence-electron chi connectivity index (χ0n) is 8.05. The van der Waals surface area contributed by atoms with Gasteiger partial charge in [0.05, 0.1) is 23.6 Å². The highest BCUT2D eigenvalue weighted by Crippen LogP contribution is 2.17. The number of aliphatic hydroxyl groups is 1. The highest BCUT2D eigenvalue weighted by atomic mass is 16.3. The van der Waals surface area contributed by atoms with Gasteiger partial charge in [-0.05, 0) is 31.9 Å². The van der Waals surface area contributed by atoms with E-state index in [0.717, 1.165) is 11.1 Å². The highest BCUT2D eigenvalue weighted by Gasteiger charge is 2.09. The van der Waals surface area contributed by atoms with Crippen molar-refractivity contribution in [3.8, 4) is 6.07 Å². The molecule has 1 aromatic heterocycles. The SMILES string of the molecule is Cc1nc(CO)c(C)c(C)c1C#N. The molecule has 0 spiro atoms. The van der Waals surface area contributed by atoms with Gasteiger partial charge in [-0.2, -0.15) is 5.26 Å². The number of hydrogen-bond acceptors (Lipinski definition) is 3. The van der Waals surface area contributed by atoms with Gasteiger partial charge in [0.2, 0.25) is 0 Å². The zero-order valence-corrected chi connectivity index (χ0v) is 8.05. The van der Waals surface area contributed by atoms with E-state index in [2.05, 4.69) is 11.1 Å². The Labute approximate surface area is 77.7 Å². The molecule has 1 aromatic rings. The minimum atomic E-state index is -0.0702. The van der Waals surface area contributed by atoms with Crippen LogP contribution >= 0.6 is 0 Å². The van der Waals surface area contributed by atoms with Crippen LogP contribution in [0.2, 0.25) is 0 Å². The summed E-state index contributed by atoms with van der Waals surface area (Å²) < 4.78 is 0. The van der Waals surface area contributed by atoms with Crippen molar-refractivity contribution in [2.75, 3.05) is 0 Å². The summed E-state index contributed by atoms with van der Waals surface area (Å²) in [5.41, 5.74) is 3.79. The summed E-state index contributed by atoms with van der Waals surface area (Å²) in [6, 6.07) is 2.11. The van der Waals surface area contributed by atoms with E-state index in [1.807, 2.05) is 13.8 Å². The summed E-state index contributed by atoms with van der Waals surface area (Å²) in [5, 5.41) is 17.8.